The second-order valence-electron chi connectivity index (χ2n) is 13.7. The number of halogens is 2. The molecule has 0 amide bonds. The number of benzene rings is 4. The molecule has 0 aliphatic heterocycles. The van der Waals surface area contributed by atoms with Crippen LogP contribution in [-0.2, 0) is 20.8 Å². The van der Waals surface area contributed by atoms with Crippen molar-refractivity contribution in [2.24, 2.45) is 0 Å². The first-order valence-corrected chi connectivity index (χ1v) is 28.0. The molecule has 0 fully saturated rings. The molecule has 0 aliphatic rings. The van der Waals surface area contributed by atoms with Crippen molar-refractivity contribution < 1.29 is 20.8 Å². The zero-order valence-electron chi connectivity index (χ0n) is 31.8. The Morgan fingerprint density at radius 2 is 0.804 bits per heavy atom. The van der Waals surface area contributed by atoms with Gasteiger partial charge >= 0.3 is 37.9 Å². The second kappa shape index (κ2) is 21.3. The summed E-state index contributed by atoms with van der Waals surface area (Å²) in [5.74, 6) is 0. The zero-order valence-corrected chi connectivity index (χ0v) is 37.6. The summed E-state index contributed by atoms with van der Waals surface area (Å²) in [6.07, 6.45) is 5.07. The fraction of sp³-hybridized carbons (Fsp3) is 0.348. The molecule has 51 heavy (non-hydrogen) atoms. The van der Waals surface area contributed by atoms with Crippen LogP contribution in [0.4, 0.5) is 0 Å². The van der Waals surface area contributed by atoms with Gasteiger partial charge in [0, 0.05) is 0 Å². The Hall–Kier alpha value is -1.58. The van der Waals surface area contributed by atoms with E-state index in [0.717, 1.165) is 22.6 Å². The van der Waals surface area contributed by atoms with Crippen LogP contribution in [0.5, 0.6) is 0 Å². The molecule has 0 heterocycles. The van der Waals surface area contributed by atoms with Crippen LogP contribution in [0.3, 0.4) is 0 Å². The summed E-state index contributed by atoms with van der Waals surface area (Å²) < 4.78 is 0. The fourth-order valence-electron chi connectivity index (χ4n) is 7.15. The molecule has 6 aromatic rings. The van der Waals surface area contributed by atoms with Crippen molar-refractivity contribution in [3.63, 3.8) is 0 Å². The third-order valence-corrected chi connectivity index (χ3v) is 17.5. The predicted octanol–water partition coefficient (Wildman–Crippen LogP) is 15.2. The summed E-state index contributed by atoms with van der Waals surface area (Å²) in [6.45, 7) is 19.1. The van der Waals surface area contributed by atoms with Gasteiger partial charge < -0.3 is 0 Å². The van der Waals surface area contributed by atoms with Crippen molar-refractivity contribution in [3.8, 4) is 22.3 Å². The molecule has 268 valence electrons. The van der Waals surface area contributed by atoms with Gasteiger partial charge in [-0.15, -0.1) is 68.6 Å². The average Bonchev–Trinajstić information content (AvgIpc) is 3.80. The standard InChI is InChI=1S/2C23H28P.2ClH.Zr/c2*1-5-17(3)24(18(4)6-2)21-15-20-13-10-14-22(23(20)16-21)19-11-8-7-9-12-19;;;/h2*7-18H,5-6H2,1-4H3;2*1H;/q2*-1;;;+4/p-2. The van der Waals surface area contributed by atoms with E-state index in [1.807, 2.05) is 0 Å². The molecule has 0 radical (unpaired) electrons. The third kappa shape index (κ3) is 10.8. The van der Waals surface area contributed by atoms with Crippen molar-refractivity contribution in [1.82, 2.24) is 0 Å². The Bertz CT molecular complexity index is 1720. The van der Waals surface area contributed by atoms with Crippen LogP contribution in [0.2, 0.25) is 0 Å². The zero-order chi connectivity index (χ0) is 36.9. The molecule has 0 nitrogen and oxygen atoms in total. The van der Waals surface area contributed by atoms with E-state index in [9.17, 15) is 0 Å². The normalized spacial score (nSPS) is 14.6. The molecule has 0 bridgehead atoms. The fourth-order valence-corrected chi connectivity index (χ4v) is 13.6. The summed E-state index contributed by atoms with van der Waals surface area (Å²) in [4.78, 5) is 0. The average molecular weight is 833 g/mol. The van der Waals surface area contributed by atoms with Crippen LogP contribution in [0, 0.1) is 0 Å². The Morgan fingerprint density at radius 1 is 0.490 bits per heavy atom. The van der Waals surface area contributed by atoms with Gasteiger partial charge in [-0.2, -0.15) is 12.1 Å². The molecular weight excluding hydrogens is 777 g/mol. The second-order valence-corrected chi connectivity index (χ2v) is 23.6. The Labute approximate surface area is 330 Å². The van der Waals surface area contributed by atoms with Crippen molar-refractivity contribution in [2.45, 2.75) is 104 Å². The van der Waals surface area contributed by atoms with Crippen molar-refractivity contribution in [2.75, 3.05) is 0 Å². The van der Waals surface area contributed by atoms with E-state index in [1.165, 1.54) is 69.5 Å². The number of rotatable bonds is 12. The molecule has 0 aliphatic carbocycles. The maximum atomic E-state index is 4.93. The SMILES string of the molecule is CCC(C)P(c1cc2c(-c3ccccc3)cccc2[cH-]1)C(C)CC.CCC(C)P(c1cc2c(-c3ccccc3)cccc2[cH-]1)C(C)CC.[Cl][Zr+2][Cl]. The molecule has 0 aromatic heterocycles. The van der Waals surface area contributed by atoms with E-state index in [2.05, 4.69) is 177 Å². The first-order valence-electron chi connectivity index (χ1n) is 18.7. The summed E-state index contributed by atoms with van der Waals surface area (Å²) in [5.41, 5.74) is 8.50. The molecule has 0 saturated carbocycles. The summed E-state index contributed by atoms with van der Waals surface area (Å²) in [7, 11) is 9.65. The van der Waals surface area contributed by atoms with Gasteiger partial charge in [-0.3, -0.25) is 0 Å². The molecule has 6 aromatic carbocycles. The van der Waals surface area contributed by atoms with E-state index in [-0.39, 0.29) is 15.8 Å². The van der Waals surface area contributed by atoms with Gasteiger partial charge in [-0.1, -0.05) is 155 Å². The Morgan fingerprint density at radius 3 is 1.10 bits per heavy atom. The minimum atomic E-state index is -0.826. The number of fused-ring (bicyclic) bond motifs is 2. The van der Waals surface area contributed by atoms with Crippen LogP contribution in [0.15, 0.2) is 121 Å². The molecule has 4 unspecified atom stereocenters. The topological polar surface area (TPSA) is 0 Å². The van der Waals surface area contributed by atoms with E-state index >= 15 is 0 Å². The Balaban J connectivity index is 0.000000212. The third-order valence-electron chi connectivity index (χ3n) is 10.5. The number of hydrogen-bond donors (Lipinski definition) is 0. The van der Waals surface area contributed by atoms with E-state index < -0.39 is 20.8 Å². The van der Waals surface area contributed by atoms with Crippen LogP contribution >= 0.6 is 32.9 Å². The first kappa shape index (κ1) is 42.2. The van der Waals surface area contributed by atoms with E-state index in [0.29, 0.717) is 0 Å². The van der Waals surface area contributed by atoms with Gasteiger partial charge in [0.05, 0.1) is 0 Å². The molecule has 0 N–H and O–H groups in total. The van der Waals surface area contributed by atoms with Gasteiger partial charge in [0.25, 0.3) is 0 Å². The maximum absolute atomic E-state index is 4.93. The van der Waals surface area contributed by atoms with Crippen LogP contribution in [0.1, 0.15) is 81.1 Å². The van der Waals surface area contributed by atoms with E-state index in [4.69, 9.17) is 17.0 Å². The molecule has 4 atom stereocenters. The number of hydrogen-bond acceptors (Lipinski definition) is 0. The van der Waals surface area contributed by atoms with Crippen molar-refractivity contribution >= 4 is 65.0 Å². The minimum absolute atomic E-state index is 0.106. The molecule has 5 heteroatoms. The summed E-state index contributed by atoms with van der Waals surface area (Å²) >= 11 is -0.826. The predicted molar refractivity (Wildman–Crippen MR) is 234 cm³/mol. The molecule has 0 spiro atoms. The van der Waals surface area contributed by atoms with Gasteiger partial charge in [0.2, 0.25) is 0 Å². The van der Waals surface area contributed by atoms with Gasteiger partial charge in [0.15, 0.2) is 0 Å². The van der Waals surface area contributed by atoms with Crippen molar-refractivity contribution in [3.05, 3.63) is 121 Å². The van der Waals surface area contributed by atoms with Crippen LogP contribution in [-0.4, -0.2) is 22.6 Å². The molecule has 6 rings (SSSR count). The Kier molecular flexibility index (Phi) is 17.7. The van der Waals surface area contributed by atoms with Crippen molar-refractivity contribution in [1.29, 1.82) is 0 Å². The summed E-state index contributed by atoms with van der Waals surface area (Å²) in [5, 5.41) is 8.80. The molecular formula is C46H56Cl2P2Zr. The van der Waals surface area contributed by atoms with Gasteiger partial charge in [-0.25, -0.2) is 0 Å². The van der Waals surface area contributed by atoms with Gasteiger partial charge in [0.1, 0.15) is 0 Å². The quantitative estimate of drug-likeness (QED) is 0.0851. The summed E-state index contributed by atoms with van der Waals surface area (Å²) in [6, 6.07) is 44.9. The first-order chi connectivity index (χ1) is 24.7. The monoisotopic (exact) mass is 830 g/mol. The van der Waals surface area contributed by atoms with E-state index in [1.54, 1.807) is 10.6 Å². The van der Waals surface area contributed by atoms with Gasteiger partial charge in [-0.05, 0) is 59.4 Å². The van der Waals surface area contributed by atoms with Crippen LogP contribution < -0.4 is 10.6 Å². The van der Waals surface area contributed by atoms with Crippen LogP contribution in [0.25, 0.3) is 43.8 Å². The molecule has 0 saturated heterocycles.